The van der Waals surface area contributed by atoms with Gasteiger partial charge < -0.3 is 5.32 Å². The molecule has 1 rings (SSSR count). The molecule has 2 heteroatoms. The fourth-order valence-corrected chi connectivity index (χ4v) is 0.330. The van der Waals surface area contributed by atoms with Crippen molar-refractivity contribution in [2.45, 2.75) is 27.7 Å². The van der Waals surface area contributed by atoms with Crippen molar-refractivity contribution in [2.24, 2.45) is 4.99 Å². The summed E-state index contributed by atoms with van der Waals surface area (Å²) in [5, 5.41) is 2.95. The first-order valence-electron chi connectivity index (χ1n) is 3.90. The summed E-state index contributed by atoms with van der Waals surface area (Å²) >= 11 is 0. The number of aliphatic imine (C=N–C) groups is 1. The van der Waals surface area contributed by atoms with E-state index in [4.69, 9.17) is 0 Å². The van der Waals surface area contributed by atoms with Crippen molar-refractivity contribution in [3.63, 3.8) is 0 Å². The van der Waals surface area contributed by atoms with Crippen molar-refractivity contribution in [3.8, 4) is 0 Å². The van der Waals surface area contributed by atoms with Crippen LogP contribution < -0.4 is 5.32 Å². The van der Waals surface area contributed by atoms with Crippen molar-refractivity contribution in [2.75, 3.05) is 6.54 Å². The standard InChI is InChI=1S/C4H6N2.2C2H6/c1-2-6-4-3-5-1;2*1-2/h1-3,6H,4H2;2*1-2H3. The van der Waals surface area contributed by atoms with Crippen LogP contribution in [0.15, 0.2) is 17.4 Å². The van der Waals surface area contributed by atoms with Crippen LogP contribution in [-0.2, 0) is 0 Å². The summed E-state index contributed by atoms with van der Waals surface area (Å²) in [5.41, 5.74) is 0. The number of hydrogen-bond acceptors (Lipinski definition) is 2. The first kappa shape index (κ1) is 11.9. The molecule has 0 radical (unpaired) electrons. The zero-order chi connectivity index (χ0) is 8.24. The van der Waals surface area contributed by atoms with Gasteiger partial charge in [0.1, 0.15) is 0 Å². The molecule has 0 aliphatic carbocycles. The second-order valence-corrected chi connectivity index (χ2v) is 1.06. The second kappa shape index (κ2) is 15.7. The minimum atomic E-state index is 0.872. The Balaban J connectivity index is 0. The van der Waals surface area contributed by atoms with Crippen LogP contribution in [0.4, 0.5) is 0 Å². The Morgan fingerprint density at radius 1 is 1.20 bits per heavy atom. The predicted molar refractivity (Wildman–Crippen MR) is 48.3 cm³/mol. The maximum absolute atomic E-state index is 3.81. The van der Waals surface area contributed by atoms with Crippen molar-refractivity contribution in [1.29, 1.82) is 0 Å². The summed E-state index contributed by atoms with van der Waals surface area (Å²) in [6.07, 6.45) is 5.36. The van der Waals surface area contributed by atoms with Crippen LogP contribution in [0.25, 0.3) is 0 Å². The molecule has 0 unspecified atom stereocenters. The topological polar surface area (TPSA) is 24.4 Å². The highest BCUT2D eigenvalue weighted by molar-refractivity contribution is 5.61. The Hall–Kier alpha value is -0.790. The molecule has 0 amide bonds. The molecule has 1 N–H and O–H groups in total. The quantitative estimate of drug-likeness (QED) is 0.551. The number of rotatable bonds is 0. The molecule has 0 fully saturated rings. The molecule has 0 aromatic carbocycles. The lowest BCUT2D eigenvalue weighted by atomic mass is 10.6. The number of nitrogens with zero attached hydrogens (tertiary/aromatic N) is 1. The van der Waals surface area contributed by atoms with Crippen molar-refractivity contribution < 1.29 is 0 Å². The molecular formula is C8H18N2. The average molecular weight is 142 g/mol. The van der Waals surface area contributed by atoms with Crippen LogP contribution in [0.3, 0.4) is 0 Å². The van der Waals surface area contributed by atoms with Crippen molar-refractivity contribution in [1.82, 2.24) is 5.32 Å². The van der Waals surface area contributed by atoms with Crippen LogP contribution >= 0.6 is 0 Å². The Bertz CT molecular complexity index is 73.3. The molecule has 2 nitrogen and oxygen atoms in total. The molecule has 1 aliphatic heterocycles. The third-order valence-electron chi connectivity index (χ3n) is 0.593. The largest absolute Gasteiger partial charge is 0.385 e. The molecule has 0 saturated carbocycles. The predicted octanol–water partition coefficient (Wildman–Crippen LogP) is 2.18. The highest BCUT2D eigenvalue weighted by Gasteiger charge is 1.74. The molecule has 1 aliphatic rings. The lowest BCUT2D eigenvalue weighted by Gasteiger charge is -1.93. The van der Waals surface area contributed by atoms with Gasteiger partial charge in [-0.3, -0.25) is 4.99 Å². The molecule has 60 valence electrons. The van der Waals surface area contributed by atoms with Crippen LogP contribution in [-0.4, -0.2) is 12.8 Å². The molecule has 0 saturated heterocycles. The van der Waals surface area contributed by atoms with Crippen molar-refractivity contribution >= 4 is 6.21 Å². The van der Waals surface area contributed by atoms with Crippen LogP contribution in [0, 0.1) is 0 Å². The molecule has 1 heterocycles. The zero-order valence-electron chi connectivity index (χ0n) is 7.39. The highest BCUT2D eigenvalue weighted by atomic mass is 14.9. The molecule has 0 bridgehead atoms. The zero-order valence-corrected chi connectivity index (χ0v) is 7.39. The summed E-state index contributed by atoms with van der Waals surface area (Å²) in [6.45, 7) is 8.87. The summed E-state index contributed by atoms with van der Waals surface area (Å²) in [7, 11) is 0. The van der Waals surface area contributed by atoms with Gasteiger partial charge in [-0.25, -0.2) is 0 Å². The van der Waals surface area contributed by atoms with Gasteiger partial charge in [0, 0.05) is 25.2 Å². The van der Waals surface area contributed by atoms with Gasteiger partial charge in [-0.2, -0.15) is 0 Å². The molecule has 0 aromatic heterocycles. The molecular weight excluding hydrogens is 124 g/mol. The second-order valence-electron chi connectivity index (χ2n) is 1.06. The summed E-state index contributed by atoms with van der Waals surface area (Å²) in [6, 6.07) is 0. The van der Waals surface area contributed by atoms with Gasteiger partial charge in [-0.05, 0) is 0 Å². The number of nitrogens with one attached hydrogen (secondary N) is 1. The molecule has 0 spiro atoms. The fourth-order valence-electron chi connectivity index (χ4n) is 0.330. The maximum atomic E-state index is 3.81. The van der Waals surface area contributed by atoms with Gasteiger partial charge in [-0.15, -0.1) is 0 Å². The Morgan fingerprint density at radius 3 is 1.90 bits per heavy atom. The minimum Gasteiger partial charge on any atom is -0.385 e. The summed E-state index contributed by atoms with van der Waals surface area (Å²) in [4.78, 5) is 3.81. The molecule has 0 atom stereocenters. The van der Waals surface area contributed by atoms with Crippen LogP contribution in [0.1, 0.15) is 27.7 Å². The number of hydrogen-bond donors (Lipinski definition) is 1. The van der Waals surface area contributed by atoms with E-state index in [1.54, 1.807) is 6.20 Å². The lowest BCUT2D eigenvalue weighted by Crippen LogP contribution is -2.09. The van der Waals surface area contributed by atoms with Gasteiger partial charge in [0.15, 0.2) is 0 Å². The first-order chi connectivity index (χ1) is 5.00. The van der Waals surface area contributed by atoms with Gasteiger partial charge in [0.05, 0.1) is 0 Å². The van der Waals surface area contributed by atoms with E-state index in [1.165, 1.54) is 0 Å². The minimum absolute atomic E-state index is 0.872. The Morgan fingerprint density at radius 2 is 1.80 bits per heavy atom. The third kappa shape index (κ3) is 10.2. The van der Waals surface area contributed by atoms with E-state index >= 15 is 0 Å². The van der Waals surface area contributed by atoms with Gasteiger partial charge >= 0.3 is 0 Å². The molecule has 0 aromatic rings. The highest BCUT2D eigenvalue weighted by Crippen LogP contribution is 1.73. The van der Waals surface area contributed by atoms with Crippen LogP contribution in [0.2, 0.25) is 0 Å². The Kier molecular flexibility index (Phi) is 18.8. The third-order valence-corrected chi connectivity index (χ3v) is 0.593. The van der Waals surface area contributed by atoms with E-state index < -0.39 is 0 Å². The van der Waals surface area contributed by atoms with Gasteiger partial charge in [0.2, 0.25) is 0 Å². The van der Waals surface area contributed by atoms with Gasteiger partial charge in [0.25, 0.3) is 0 Å². The lowest BCUT2D eigenvalue weighted by molar-refractivity contribution is 1.01. The van der Waals surface area contributed by atoms with E-state index in [-0.39, 0.29) is 0 Å². The molecule has 10 heavy (non-hydrogen) atoms. The summed E-state index contributed by atoms with van der Waals surface area (Å²) in [5.74, 6) is 0. The monoisotopic (exact) mass is 142 g/mol. The Labute approximate surface area is 64.1 Å². The first-order valence-corrected chi connectivity index (χ1v) is 3.90. The van der Waals surface area contributed by atoms with E-state index in [9.17, 15) is 0 Å². The fraction of sp³-hybridized carbons (Fsp3) is 0.625. The van der Waals surface area contributed by atoms with E-state index in [2.05, 4.69) is 10.3 Å². The van der Waals surface area contributed by atoms with Crippen LogP contribution in [0.5, 0.6) is 0 Å². The smallest absolute Gasteiger partial charge is 0.0498 e. The van der Waals surface area contributed by atoms with E-state index in [1.807, 2.05) is 40.1 Å². The maximum Gasteiger partial charge on any atom is 0.0498 e. The van der Waals surface area contributed by atoms with E-state index in [0.29, 0.717) is 0 Å². The van der Waals surface area contributed by atoms with Crippen molar-refractivity contribution in [3.05, 3.63) is 12.4 Å². The average Bonchev–Trinajstić information content (AvgIpc) is 2.14. The van der Waals surface area contributed by atoms with E-state index in [0.717, 1.165) is 6.54 Å². The van der Waals surface area contributed by atoms with Gasteiger partial charge in [-0.1, -0.05) is 27.7 Å². The SMILES string of the molecule is C1=CNCC=N1.CC.CC. The summed E-state index contributed by atoms with van der Waals surface area (Å²) < 4.78 is 0. The normalized spacial score (nSPS) is 11.6.